The molecule has 0 saturated carbocycles. The predicted octanol–water partition coefficient (Wildman–Crippen LogP) is 0.800. The van der Waals surface area contributed by atoms with Crippen molar-refractivity contribution in [2.75, 3.05) is 13.7 Å². The van der Waals surface area contributed by atoms with E-state index in [2.05, 4.69) is 0 Å². The minimum Gasteiger partial charge on any atom is -0.497 e. The molecule has 2 aliphatic rings. The molecule has 0 spiro atoms. The van der Waals surface area contributed by atoms with Crippen LogP contribution in [0.2, 0.25) is 0 Å². The van der Waals surface area contributed by atoms with E-state index in [4.69, 9.17) is 14.2 Å². The number of fused-ring (bicyclic) bond motifs is 2. The van der Waals surface area contributed by atoms with Crippen molar-refractivity contribution in [2.24, 2.45) is 0 Å². The lowest BCUT2D eigenvalue weighted by Crippen LogP contribution is -2.70. The van der Waals surface area contributed by atoms with Crippen LogP contribution in [0, 0.1) is 5.82 Å². The van der Waals surface area contributed by atoms with Gasteiger partial charge in [-0.25, -0.2) is 4.39 Å². The minimum absolute atomic E-state index is 0.223. The molecule has 2 heterocycles. The molecule has 2 fully saturated rings. The van der Waals surface area contributed by atoms with E-state index in [1.165, 1.54) is 18.2 Å². The summed E-state index contributed by atoms with van der Waals surface area (Å²) in [5.41, 5.74) is -0.793. The minimum atomic E-state index is -2.23. The van der Waals surface area contributed by atoms with Gasteiger partial charge >= 0.3 is 0 Å². The van der Waals surface area contributed by atoms with Crippen LogP contribution in [-0.4, -0.2) is 57.7 Å². The van der Waals surface area contributed by atoms with Crippen molar-refractivity contribution in [3.8, 4) is 5.75 Å². The summed E-state index contributed by atoms with van der Waals surface area (Å²) in [6.45, 7) is 0.679. The maximum Gasteiger partial charge on any atom is 0.227 e. The third-order valence-electron chi connectivity index (χ3n) is 5.86. The molecule has 2 bridgehead atoms. The Labute approximate surface area is 166 Å². The van der Waals surface area contributed by atoms with Gasteiger partial charge in [0, 0.05) is 12.0 Å². The Morgan fingerprint density at radius 3 is 2.45 bits per heavy atom. The molecular weight excluding hydrogens is 383 g/mol. The Kier molecular flexibility index (Phi) is 4.69. The molecule has 2 aromatic carbocycles. The second-order valence-corrected chi connectivity index (χ2v) is 7.71. The molecule has 2 aromatic rings. The predicted molar refractivity (Wildman–Crippen MR) is 98.5 cm³/mol. The molecule has 8 heteroatoms. The Hall–Kier alpha value is -2.07. The fourth-order valence-corrected chi connectivity index (χ4v) is 3.86. The maximum atomic E-state index is 14.5. The third kappa shape index (κ3) is 2.95. The van der Waals surface area contributed by atoms with Crippen LogP contribution in [-0.2, 0) is 21.7 Å². The molecule has 2 saturated heterocycles. The second kappa shape index (κ2) is 6.73. The first-order valence-electron chi connectivity index (χ1n) is 9.20. The molecule has 4 rings (SSSR count). The van der Waals surface area contributed by atoms with E-state index in [-0.39, 0.29) is 12.0 Å². The van der Waals surface area contributed by atoms with Gasteiger partial charge < -0.3 is 34.6 Å². The average molecular weight is 406 g/mol. The molecule has 7 nitrogen and oxygen atoms in total. The SMILES string of the molecule is COc1ccc(Cc2cc([C@]34OC[C@](O)(O3)[C@@](C)(O)[C@@H](O)[C@H]4O)ccc2F)cc1. The normalized spacial score (nSPS) is 36.2. The topological polar surface area (TPSA) is 109 Å². The molecule has 4 N–H and O–H groups in total. The largest absolute Gasteiger partial charge is 0.497 e. The van der Waals surface area contributed by atoms with Crippen LogP contribution in [0.1, 0.15) is 23.6 Å². The summed E-state index contributed by atoms with van der Waals surface area (Å²) in [6, 6.07) is 11.2. The third-order valence-corrected chi connectivity index (χ3v) is 5.86. The van der Waals surface area contributed by atoms with E-state index in [1.54, 1.807) is 31.4 Å². The number of hydrogen-bond acceptors (Lipinski definition) is 7. The van der Waals surface area contributed by atoms with Gasteiger partial charge in [-0.05, 0) is 42.3 Å². The van der Waals surface area contributed by atoms with Crippen molar-refractivity contribution < 1.29 is 39.0 Å². The first-order chi connectivity index (χ1) is 13.6. The highest BCUT2D eigenvalue weighted by Crippen LogP contribution is 2.52. The van der Waals surface area contributed by atoms with E-state index in [0.29, 0.717) is 11.3 Å². The summed E-state index contributed by atoms with van der Waals surface area (Å²) in [4.78, 5) is 0. The van der Waals surface area contributed by atoms with E-state index >= 15 is 0 Å². The van der Waals surface area contributed by atoms with Crippen LogP contribution in [0.15, 0.2) is 42.5 Å². The monoisotopic (exact) mass is 406 g/mol. The molecule has 5 atom stereocenters. The number of rotatable bonds is 4. The second-order valence-electron chi connectivity index (χ2n) is 7.71. The van der Waals surface area contributed by atoms with Gasteiger partial charge in [-0.1, -0.05) is 18.2 Å². The van der Waals surface area contributed by atoms with Crippen LogP contribution in [0.5, 0.6) is 5.75 Å². The first-order valence-corrected chi connectivity index (χ1v) is 9.20. The van der Waals surface area contributed by atoms with Crippen LogP contribution >= 0.6 is 0 Å². The summed E-state index contributed by atoms with van der Waals surface area (Å²) in [5.74, 6) is -3.94. The van der Waals surface area contributed by atoms with E-state index in [1.807, 2.05) is 0 Å². The number of hydrogen-bond donors (Lipinski definition) is 4. The fraction of sp³-hybridized carbons (Fsp3) is 0.429. The first kappa shape index (κ1) is 20.2. The number of halogens is 1. The van der Waals surface area contributed by atoms with Crippen LogP contribution in [0.4, 0.5) is 4.39 Å². The Morgan fingerprint density at radius 1 is 1.10 bits per heavy atom. The van der Waals surface area contributed by atoms with Gasteiger partial charge in [0.25, 0.3) is 0 Å². The molecule has 0 aromatic heterocycles. The Bertz CT molecular complexity index is 916. The van der Waals surface area contributed by atoms with Crippen LogP contribution in [0.3, 0.4) is 0 Å². The average Bonchev–Trinajstić information content (AvgIpc) is 3.07. The molecule has 0 unspecified atom stereocenters. The van der Waals surface area contributed by atoms with Crippen LogP contribution in [0.25, 0.3) is 0 Å². The molecule has 0 amide bonds. The number of aliphatic hydroxyl groups is 4. The van der Waals surface area contributed by atoms with Crippen molar-refractivity contribution in [2.45, 2.75) is 42.7 Å². The zero-order valence-corrected chi connectivity index (χ0v) is 16.0. The zero-order valence-electron chi connectivity index (χ0n) is 16.0. The van der Waals surface area contributed by atoms with Gasteiger partial charge in [-0.15, -0.1) is 0 Å². The van der Waals surface area contributed by atoms with Crippen molar-refractivity contribution in [3.63, 3.8) is 0 Å². The van der Waals surface area contributed by atoms with Gasteiger partial charge in [-0.3, -0.25) is 0 Å². The van der Waals surface area contributed by atoms with E-state index < -0.39 is 41.8 Å². The lowest BCUT2D eigenvalue weighted by molar-refractivity contribution is -0.397. The lowest BCUT2D eigenvalue weighted by atomic mass is 9.80. The van der Waals surface area contributed by atoms with Gasteiger partial charge in [0.05, 0.1) is 7.11 Å². The van der Waals surface area contributed by atoms with E-state index in [0.717, 1.165) is 12.5 Å². The summed E-state index contributed by atoms with van der Waals surface area (Å²) in [6.07, 6.45) is -3.21. The summed E-state index contributed by atoms with van der Waals surface area (Å²) < 4.78 is 30.7. The lowest BCUT2D eigenvalue weighted by Gasteiger charge is -2.49. The van der Waals surface area contributed by atoms with Gasteiger partial charge in [0.15, 0.2) is 0 Å². The number of methoxy groups -OCH3 is 1. The van der Waals surface area contributed by atoms with Crippen LogP contribution < -0.4 is 4.74 Å². The van der Waals surface area contributed by atoms with Gasteiger partial charge in [0.2, 0.25) is 11.6 Å². The highest BCUT2D eigenvalue weighted by Gasteiger charge is 2.72. The smallest absolute Gasteiger partial charge is 0.227 e. The molecule has 156 valence electrons. The molecule has 0 aliphatic carbocycles. The Balaban J connectivity index is 1.70. The highest BCUT2D eigenvalue weighted by molar-refractivity contribution is 5.36. The maximum absolute atomic E-state index is 14.5. The standard InChI is InChI=1S/C21H23FO7/c1-19(25)17(23)18(24)21(28-11-20(19,26)29-21)14-5-8-16(22)13(10-14)9-12-3-6-15(27-2)7-4-12/h3-8,10,17-18,23-26H,9,11H2,1-2H3/t17-,18+,19-,20-,21-/m0/s1. The summed E-state index contributed by atoms with van der Waals surface area (Å²) in [5, 5.41) is 42.1. The number of benzene rings is 2. The summed E-state index contributed by atoms with van der Waals surface area (Å²) >= 11 is 0. The van der Waals surface area contributed by atoms with Crippen molar-refractivity contribution in [3.05, 3.63) is 65.0 Å². The van der Waals surface area contributed by atoms with Crippen molar-refractivity contribution in [1.29, 1.82) is 0 Å². The summed E-state index contributed by atoms with van der Waals surface area (Å²) in [7, 11) is 1.56. The number of ether oxygens (including phenoxy) is 3. The molecule has 2 aliphatic heterocycles. The molecule has 0 radical (unpaired) electrons. The highest BCUT2D eigenvalue weighted by atomic mass is 19.1. The van der Waals surface area contributed by atoms with Crippen molar-refractivity contribution in [1.82, 2.24) is 0 Å². The molecule has 29 heavy (non-hydrogen) atoms. The van der Waals surface area contributed by atoms with Gasteiger partial charge in [0.1, 0.15) is 36.0 Å². The number of aliphatic hydroxyl groups excluding tert-OH is 2. The Morgan fingerprint density at radius 2 is 1.79 bits per heavy atom. The molecular formula is C21H23FO7. The quantitative estimate of drug-likeness (QED) is 0.595. The fourth-order valence-electron chi connectivity index (χ4n) is 3.86. The van der Waals surface area contributed by atoms with Crippen molar-refractivity contribution >= 4 is 0 Å². The zero-order chi connectivity index (χ0) is 21.0. The van der Waals surface area contributed by atoms with E-state index in [9.17, 15) is 24.8 Å². The van der Waals surface area contributed by atoms with Gasteiger partial charge in [-0.2, -0.15) is 0 Å².